The first-order valence-corrected chi connectivity index (χ1v) is 8.41. The lowest BCUT2D eigenvalue weighted by Crippen LogP contribution is -2.22. The van der Waals surface area contributed by atoms with E-state index in [1.807, 2.05) is 19.2 Å². The number of hydrogen-bond donors (Lipinski definition) is 1. The fraction of sp³-hybridized carbons (Fsp3) is 0.333. The molecule has 0 aromatic carbocycles. The van der Waals surface area contributed by atoms with E-state index in [0.29, 0.717) is 18.1 Å². The Morgan fingerprint density at radius 2 is 2.00 bits per heavy atom. The standard InChI is InChI=1S/C18H20N6O.2ClH/c1-24(12-13-11-20-8-9-21-13)18-14-4-6-19-7-5-15(14)22-17(23-18)16-3-2-10-25-16;;/h2-3,8-11,19H,4-7,12H2,1H3;2*1H. The van der Waals surface area contributed by atoms with Crippen LogP contribution in [0.1, 0.15) is 17.0 Å². The molecule has 27 heavy (non-hydrogen) atoms. The number of nitrogens with one attached hydrogen (secondary N) is 1. The number of halogens is 2. The maximum Gasteiger partial charge on any atom is 0.197 e. The van der Waals surface area contributed by atoms with Crippen LogP contribution in [0.5, 0.6) is 0 Å². The molecule has 4 heterocycles. The van der Waals surface area contributed by atoms with E-state index in [4.69, 9.17) is 14.4 Å². The first-order chi connectivity index (χ1) is 12.3. The van der Waals surface area contributed by atoms with E-state index >= 15 is 0 Å². The Morgan fingerprint density at radius 3 is 2.74 bits per heavy atom. The fourth-order valence-electron chi connectivity index (χ4n) is 3.09. The highest BCUT2D eigenvalue weighted by atomic mass is 35.5. The van der Waals surface area contributed by atoms with Gasteiger partial charge in [0.15, 0.2) is 11.6 Å². The van der Waals surface area contributed by atoms with Crippen molar-refractivity contribution in [3.05, 3.63) is 53.9 Å². The van der Waals surface area contributed by atoms with Crippen molar-refractivity contribution in [3.63, 3.8) is 0 Å². The van der Waals surface area contributed by atoms with Gasteiger partial charge in [0.25, 0.3) is 0 Å². The van der Waals surface area contributed by atoms with E-state index < -0.39 is 0 Å². The van der Waals surface area contributed by atoms with Crippen molar-refractivity contribution in [2.45, 2.75) is 19.4 Å². The molecule has 0 atom stereocenters. The van der Waals surface area contributed by atoms with Crippen LogP contribution in [-0.4, -0.2) is 40.1 Å². The zero-order valence-corrected chi connectivity index (χ0v) is 16.6. The van der Waals surface area contributed by atoms with Gasteiger partial charge in [0.2, 0.25) is 0 Å². The molecule has 9 heteroatoms. The van der Waals surface area contributed by atoms with E-state index in [-0.39, 0.29) is 24.8 Å². The molecule has 1 N–H and O–H groups in total. The third kappa shape index (κ3) is 4.74. The first-order valence-electron chi connectivity index (χ1n) is 8.41. The van der Waals surface area contributed by atoms with Gasteiger partial charge in [0.1, 0.15) is 5.82 Å². The van der Waals surface area contributed by atoms with Crippen molar-refractivity contribution in [3.8, 4) is 11.6 Å². The van der Waals surface area contributed by atoms with E-state index in [9.17, 15) is 0 Å². The van der Waals surface area contributed by atoms with Crippen LogP contribution in [0.3, 0.4) is 0 Å². The zero-order chi connectivity index (χ0) is 17.1. The van der Waals surface area contributed by atoms with Crippen LogP contribution in [0.15, 0.2) is 41.4 Å². The molecular formula is C18H22Cl2N6O. The molecule has 7 nitrogen and oxygen atoms in total. The summed E-state index contributed by atoms with van der Waals surface area (Å²) in [6, 6.07) is 3.75. The average molecular weight is 409 g/mol. The molecule has 0 saturated carbocycles. The number of furan rings is 1. The summed E-state index contributed by atoms with van der Waals surface area (Å²) in [5.41, 5.74) is 3.20. The summed E-state index contributed by atoms with van der Waals surface area (Å²) >= 11 is 0. The molecule has 0 amide bonds. The van der Waals surface area contributed by atoms with Crippen LogP contribution >= 0.6 is 24.8 Å². The van der Waals surface area contributed by atoms with Gasteiger partial charge >= 0.3 is 0 Å². The molecule has 0 fully saturated rings. The summed E-state index contributed by atoms with van der Waals surface area (Å²) in [7, 11) is 2.03. The van der Waals surface area contributed by atoms with E-state index in [1.165, 1.54) is 5.56 Å². The molecule has 0 saturated heterocycles. The Kier molecular flexibility index (Phi) is 7.53. The number of hydrogen-bond acceptors (Lipinski definition) is 7. The van der Waals surface area contributed by atoms with Crippen LogP contribution in [-0.2, 0) is 19.4 Å². The van der Waals surface area contributed by atoms with Crippen molar-refractivity contribution >= 4 is 30.6 Å². The normalized spacial score (nSPS) is 12.9. The molecule has 1 aliphatic heterocycles. The molecular weight excluding hydrogens is 387 g/mol. The monoisotopic (exact) mass is 408 g/mol. The minimum Gasteiger partial charge on any atom is -0.461 e. The van der Waals surface area contributed by atoms with Crippen molar-refractivity contribution in [1.82, 2.24) is 25.3 Å². The highest BCUT2D eigenvalue weighted by Crippen LogP contribution is 2.27. The van der Waals surface area contributed by atoms with Crippen molar-refractivity contribution in [2.24, 2.45) is 0 Å². The number of fused-ring (bicyclic) bond motifs is 1. The van der Waals surface area contributed by atoms with Gasteiger partial charge < -0.3 is 14.6 Å². The Hall–Kier alpha value is -2.22. The lowest BCUT2D eigenvalue weighted by atomic mass is 10.1. The van der Waals surface area contributed by atoms with Gasteiger partial charge in [-0.05, 0) is 25.1 Å². The van der Waals surface area contributed by atoms with Crippen LogP contribution in [0.25, 0.3) is 11.6 Å². The molecule has 3 aromatic heterocycles. The smallest absolute Gasteiger partial charge is 0.197 e. The number of anilines is 1. The second-order valence-corrected chi connectivity index (χ2v) is 6.08. The lowest BCUT2D eigenvalue weighted by Gasteiger charge is -2.22. The Morgan fingerprint density at radius 1 is 1.15 bits per heavy atom. The molecule has 0 radical (unpaired) electrons. The van der Waals surface area contributed by atoms with E-state index in [2.05, 4.69) is 20.2 Å². The summed E-state index contributed by atoms with van der Waals surface area (Å²) in [6.45, 7) is 2.50. The Bertz CT molecular complexity index is 845. The molecule has 3 aromatic rings. The third-order valence-electron chi connectivity index (χ3n) is 4.28. The quantitative estimate of drug-likeness (QED) is 0.710. The van der Waals surface area contributed by atoms with E-state index in [1.54, 1.807) is 24.9 Å². The fourth-order valence-corrected chi connectivity index (χ4v) is 3.09. The van der Waals surface area contributed by atoms with Gasteiger partial charge in [-0.15, -0.1) is 24.8 Å². The summed E-state index contributed by atoms with van der Waals surface area (Å²) < 4.78 is 5.51. The summed E-state index contributed by atoms with van der Waals surface area (Å²) in [5, 5.41) is 3.43. The highest BCUT2D eigenvalue weighted by molar-refractivity contribution is 5.85. The van der Waals surface area contributed by atoms with Crippen LogP contribution in [0.4, 0.5) is 5.82 Å². The maximum absolute atomic E-state index is 5.51. The predicted octanol–water partition coefficient (Wildman–Crippen LogP) is 2.69. The van der Waals surface area contributed by atoms with Crippen LogP contribution in [0, 0.1) is 0 Å². The highest BCUT2D eigenvalue weighted by Gasteiger charge is 2.21. The van der Waals surface area contributed by atoms with Crippen molar-refractivity contribution in [1.29, 1.82) is 0 Å². The maximum atomic E-state index is 5.51. The van der Waals surface area contributed by atoms with Crippen molar-refractivity contribution < 1.29 is 4.42 Å². The molecule has 4 rings (SSSR count). The van der Waals surface area contributed by atoms with Gasteiger partial charge in [-0.2, -0.15) is 0 Å². The SMILES string of the molecule is CN(Cc1cnccn1)c1nc(-c2ccco2)nc2c1CCNCC2.Cl.Cl. The van der Waals surface area contributed by atoms with Crippen molar-refractivity contribution in [2.75, 3.05) is 25.0 Å². The average Bonchev–Trinajstić information content (AvgIpc) is 3.07. The number of aromatic nitrogens is 4. The third-order valence-corrected chi connectivity index (χ3v) is 4.28. The molecule has 0 aliphatic carbocycles. The van der Waals surface area contributed by atoms with Gasteiger partial charge in [-0.1, -0.05) is 0 Å². The molecule has 0 unspecified atom stereocenters. The molecule has 0 spiro atoms. The van der Waals surface area contributed by atoms with Gasteiger partial charge in [-0.25, -0.2) is 9.97 Å². The molecule has 0 bridgehead atoms. The topological polar surface area (TPSA) is 80.0 Å². The second-order valence-electron chi connectivity index (χ2n) is 6.08. The summed E-state index contributed by atoms with van der Waals surface area (Å²) in [5.74, 6) is 2.26. The predicted molar refractivity (Wildman–Crippen MR) is 109 cm³/mol. The largest absolute Gasteiger partial charge is 0.461 e. The second kappa shape index (κ2) is 9.64. The number of rotatable bonds is 4. The van der Waals surface area contributed by atoms with Gasteiger partial charge in [0, 0.05) is 38.0 Å². The zero-order valence-electron chi connectivity index (χ0n) is 15.0. The van der Waals surface area contributed by atoms with Gasteiger partial charge in [0.05, 0.1) is 30.4 Å². The molecule has 144 valence electrons. The summed E-state index contributed by atoms with van der Waals surface area (Å²) in [4.78, 5) is 20.2. The first kappa shape index (κ1) is 21.1. The minimum absolute atomic E-state index is 0. The van der Waals surface area contributed by atoms with Crippen LogP contribution < -0.4 is 10.2 Å². The Labute approximate surface area is 170 Å². The van der Waals surface area contributed by atoms with Crippen LogP contribution in [0.2, 0.25) is 0 Å². The van der Waals surface area contributed by atoms with Gasteiger partial charge in [-0.3, -0.25) is 9.97 Å². The number of nitrogens with zero attached hydrogens (tertiary/aromatic N) is 5. The molecule has 1 aliphatic rings. The lowest BCUT2D eigenvalue weighted by molar-refractivity contribution is 0.576. The summed E-state index contributed by atoms with van der Waals surface area (Å²) in [6.07, 6.45) is 8.62. The van der Waals surface area contributed by atoms with E-state index in [0.717, 1.165) is 43.1 Å². The minimum atomic E-state index is 0. The Balaban J connectivity index is 0.00000131.